The zero-order valence-electron chi connectivity index (χ0n) is 13.1. The molecule has 0 unspecified atom stereocenters. The molecule has 1 amide bonds. The third-order valence-electron chi connectivity index (χ3n) is 3.50. The number of nitrogens with one attached hydrogen (secondary N) is 1. The molecule has 0 spiro atoms. The van der Waals surface area contributed by atoms with Crippen LogP contribution in [-0.4, -0.2) is 22.3 Å². The molecule has 0 radical (unpaired) electrons. The van der Waals surface area contributed by atoms with E-state index in [4.69, 9.17) is 4.52 Å². The predicted octanol–water partition coefficient (Wildman–Crippen LogP) is 3.69. The fraction of sp³-hybridized carbons (Fsp3) is 0.188. The van der Waals surface area contributed by atoms with Crippen LogP contribution in [0.1, 0.15) is 12.3 Å². The molecule has 0 fully saturated rings. The fourth-order valence-electron chi connectivity index (χ4n) is 2.34. The molecule has 0 atom stereocenters. The van der Waals surface area contributed by atoms with E-state index in [2.05, 4.69) is 24.9 Å². The Kier molecular flexibility index (Phi) is 4.03. The highest BCUT2D eigenvalue weighted by Gasteiger charge is 2.43. The van der Waals surface area contributed by atoms with Crippen molar-refractivity contribution >= 4 is 22.9 Å². The molecule has 1 aliphatic heterocycles. The van der Waals surface area contributed by atoms with Gasteiger partial charge in [-0.15, -0.1) is 8.78 Å². The van der Waals surface area contributed by atoms with Crippen LogP contribution < -0.4 is 14.8 Å². The van der Waals surface area contributed by atoms with Crippen LogP contribution in [0.5, 0.6) is 11.5 Å². The number of aryl methyl sites for hydroxylation is 1. The van der Waals surface area contributed by atoms with E-state index < -0.39 is 6.29 Å². The summed E-state index contributed by atoms with van der Waals surface area (Å²) in [5.41, 5.74) is 1.17. The number of anilines is 1. The largest absolute Gasteiger partial charge is 0.586 e. The normalized spacial score (nSPS) is 14.4. The Balaban J connectivity index is 1.34. The van der Waals surface area contributed by atoms with Crippen molar-refractivity contribution in [2.75, 3.05) is 5.32 Å². The molecule has 1 aromatic carbocycles. The number of benzene rings is 1. The lowest BCUT2D eigenvalue weighted by molar-refractivity contribution is -0.286. The van der Waals surface area contributed by atoms with E-state index in [1.807, 2.05) is 16.8 Å². The number of carbonyl (C=O) groups excluding carboxylic acids is 1. The second kappa shape index (κ2) is 6.37. The summed E-state index contributed by atoms with van der Waals surface area (Å²) >= 11 is 1.52. The maximum absolute atomic E-state index is 13.0. The molecule has 0 aliphatic carbocycles. The molecule has 0 saturated carbocycles. The number of carbonyl (C=O) groups is 1. The molecule has 3 heterocycles. The Morgan fingerprint density at radius 1 is 1.23 bits per heavy atom. The maximum Gasteiger partial charge on any atom is 0.586 e. The molecular weight excluding hydrogens is 368 g/mol. The summed E-state index contributed by atoms with van der Waals surface area (Å²) in [5, 5.41) is 10.3. The van der Waals surface area contributed by atoms with Gasteiger partial charge in [0.1, 0.15) is 0 Å². The monoisotopic (exact) mass is 379 g/mol. The van der Waals surface area contributed by atoms with Crippen molar-refractivity contribution in [1.82, 2.24) is 10.1 Å². The second-order valence-electron chi connectivity index (χ2n) is 5.40. The summed E-state index contributed by atoms with van der Waals surface area (Å²) in [6.07, 6.45) is -3.34. The molecule has 134 valence electrons. The Hall–Kier alpha value is -3.01. The van der Waals surface area contributed by atoms with Gasteiger partial charge in [-0.05, 0) is 23.6 Å². The van der Waals surface area contributed by atoms with Crippen molar-refractivity contribution in [2.45, 2.75) is 19.1 Å². The minimum absolute atomic E-state index is 0.0835. The minimum atomic E-state index is -3.69. The van der Waals surface area contributed by atoms with E-state index in [1.54, 1.807) is 0 Å². The number of hydrogen-bond donors (Lipinski definition) is 1. The molecule has 0 bridgehead atoms. The highest BCUT2D eigenvalue weighted by molar-refractivity contribution is 7.08. The van der Waals surface area contributed by atoms with Crippen LogP contribution in [0.25, 0.3) is 11.4 Å². The Labute approximate surface area is 149 Å². The number of hydrogen-bond acceptors (Lipinski definition) is 7. The Morgan fingerprint density at radius 2 is 2.08 bits per heavy atom. The number of halogens is 2. The lowest BCUT2D eigenvalue weighted by atomic mass is 10.2. The van der Waals surface area contributed by atoms with E-state index in [-0.39, 0.29) is 30.2 Å². The van der Waals surface area contributed by atoms with E-state index in [9.17, 15) is 13.6 Å². The Morgan fingerprint density at radius 3 is 2.88 bits per heavy atom. The van der Waals surface area contributed by atoms with Gasteiger partial charge in [-0.3, -0.25) is 4.79 Å². The fourth-order valence-corrected chi connectivity index (χ4v) is 2.97. The number of thiophene rings is 1. The van der Waals surface area contributed by atoms with Gasteiger partial charge in [0.05, 0.1) is 0 Å². The predicted molar refractivity (Wildman–Crippen MR) is 87.2 cm³/mol. The first-order chi connectivity index (χ1) is 12.5. The van der Waals surface area contributed by atoms with Crippen molar-refractivity contribution in [1.29, 1.82) is 0 Å². The van der Waals surface area contributed by atoms with E-state index in [0.717, 1.165) is 5.56 Å². The summed E-state index contributed by atoms with van der Waals surface area (Å²) < 4.78 is 39.7. The second-order valence-corrected chi connectivity index (χ2v) is 6.18. The lowest BCUT2D eigenvalue weighted by Gasteiger charge is -2.05. The van der Waals surface area contributed by atoms with Crippen LogP contribution in [0.4, 0.5) is 14.5 Å². The van der Waals surface area contributed by atoms with E-state index in [0.29, 0.717) is 17.4 Å². The number of amides is 1. The van der Waals surface area contributed by atoms with Gasteiger partial charge < -0.3 is 19.3 Å². The summed E-state index contributed by atoms with van der Waals surface area (Å²) in [4.78, 5) is 16.3. The first kappa shape index (κ1) is 16.5. The number of fused-ring (bicyclic) bond motifs is 1. The van der Waals surface area contributed by atoms with Gasteiger partial charge in [0.15, 0.2) is 11.5 Å². The molecule has 0 saturated heterocycles. The van der Waals surface area contributed by atoms with Gasteiger partial charge in [0.2, 0.25) is 17.6 Å². The molecule has 26 heavy (non-hydrogen) atoms. The molecule has 1 N–H and O–H groups in total. The molecule has 1 aliphatic rings. The van der Waals surface area contributed by atoms with Crippen LogP contribution in [0.3, 0.4) is 0 Å². The zero-order chi connectivity index (χ0) is 18.1. The van der Waals surface area contributed by atoms with Crippen LogP contribution in [0.2, 0.25) is 0 Å². The number of aromatic nitrogens is 2. The number of ether oxygens (including phenoxy) is 2. The number of rotatable bonds is 5. The van der Waals surface area contributed by atoms with Crippen molar-refractivity contribution in [3.05, 3.63) is 40.9 Å². The SMILES string of the molecule is O=C(CCc1nc(-c2ccsc2)no1)Nc1ccc2c(c1)OC(F)(F)O2. The smallest absolute Gasteiger partial charge is 0.395 e. The quantitative estimate of drug-likeness (QED) is 0.728. The van der Waals surface area contributed by atoms with Crippen molar-refractivity contribution < 1.29 is 27.6 Å². The van der Waals surface area contributed by atoms with Crippen molar-refractivity contribution in [3.8, 4) is 22.9 Å². The number of nitrogens with zero attached hydrogens (tertiary/aromatic N) is 2. The molecule has 4 rings (SSSR count). The van der Waals surface area contributed by atoms with Gasteiger partial charge in [-0.2, -0.15) is 16.3 Å². The third-order valence-corrected chi connectivity index (χ3v) is 4.18. The lowest BCUT2D eigenvalue weighted by Crippen LogP contribution is -2.25. The molecule has 10 heteroatoms. The topological polar surface area (TPSA) is 86.5 Å². The van der Waals surface area contributed by atoms with Gasteiger partial charge in [-0.25, -0.2) is 0 Å². The summed E-state index contributed by atoms with van der Waals surface area (Å²) in [6.45, 7) is 0. The summed E-state index contributed by atoms with van der Waals surface area (Å²) in [6, 6.07) is 5.89. The van der Waals surface area contributed by atoms with Crippen LogP contribution in [-0.2, 0) is 11.2 Å². The molecule has 3 aromatic rings. The Bertz CT molecular complexity index is 943. The van der Waals surface area contributed by atoms with Crippen molar-refractivity contribution in [3.63, 3.8) is 0 Å². The minimum Gasteiger partial charge on any atom is -0.395 e. The molecular formula is C16H11F2N3O4S. The zero-order valence-corrected chi connectivity index (χ0v) is 13.9. The first-order valence-corrected chi connectivity index (χ1v) is 8.48. The summed E-state index contributed by atoms with van der Waals surface area (Å²) in [7, 11) is 0. The van der Waals surface area contributed by atoms with Crippen LogP contribution >= 0.6 is 11.3 Å². The van der Waals surface area contributed by atoms with Gasteiger partial charge >= 0.3 is 6.29 Å². The highest BCUT2D eigenvalue weighted by atomic mass is 32.1. The molecule has 7 nitrogen and oxygen atoms in total. The van der Waals surface area contributed by atoms with Gasteiger partial charge in [0.25, 0.3) is 0 Å². The van der Waals surface area contributed by atoms with Crippen LogP contribution in [0.15, 0.2) is 39.5 Å². The highest BCUT2D eigenvalue weighted by Crippen LogP contribution is 2.42. The standard InChI is InChI=1S/C16H11F2N3O4S/c17-16(18)23-11-2-1-10(7-12(11)24-16)19-13(22)3-4-14-20-15(21-25-14)9-5-6-26-8-9/h1-2,5-8H,3-4H2,(H,19,22). The van der Waals surface area contributed by atoms with Gasteiger partial charge in [0, 0.05) is 35.5 Å². The average molecular weight is 379 g/mol. The first-order valence-electron chi connectivity index (χ1n) is 7.53. The van der Waals surface area contributed by atoms with Crippen LogP contribution in [0, 0.1) is 0 Å². The summed E-state index contributed by atoms with van der Waals surface area (Å²) in [5.74, 6) is 0.265. The van der Waals surface area contributed by atoms with E-state index >= 15 is 0 Å². The van der Waals surface area contributed by atoms with Crippen molar-refractivity contribution in [2.24, 2.45) is 0 Å². The maximum atomic E-state index is 13.0. The molecule has 2 aromatic heterocycles. The third kappa shape index (κ3) is 3.49. The van der Waals surface area contributed by atoms with Gasteiger partial charge in [-0.1, -0.05) is 5.16 Å². The number of alkyl halides is 2. The average Bonchev–Trinajstić information content (AvgIpc) is 3.30. The van der Waals surface area contributed by atoms with E-state index in [1.165, 1.54) is 29.5 Å².